The van der Waals surface area contributed by atoms with Gasteiger partial charge in [0.15, 0.2) is 0 Å². The van der Waals surface area contributed by atoms with Crippen LogP contribution in [-0.2, 0) is 61.3 Å². The molecular weight excluding hydrogens is 723 g/mol. The van der Waals surface area contributed by atoms with Crippen LogP contribution in [0.4, 0.5) is 5.69 Å². The SMILES string of the molecule is O=C1C[C@@H](c2ccc(CC[C@@H]3O[C@H](COCc4ccccc4)[C@@H](OCc4ccccc4)[C@H](OCc4ccccc4)[C@H]3OCc3ccccc3)cc2)N1c1ccccc1. The summed E-state index contributed by atoms with van der Waals surface area (Å²) in [4.78, 5) is 14.6. The third-order valence-electron chi connectivity index (χ3n) is 11.0. The fourth-order valence-electron chi connectivity index (χ4n) is 7.93. The van der Waals surface area contributed by atoms with E-state index in [2.05, 4.69) is 72.8 Å². The van der Waals surface area contributed by atoms with Gasteiger partial charge in [-0.05, 0) is 58.4 Å². The van der Waals surface area contributed by atoms with Crippen LogP contribution in [0.1, 0.15) is 52.3 Å². The summed E-state index contributed by atoms with van der Waals surface area (Å²) in [6.45, 7) is 1.99. The number of benzene rings is 6. The third kappa shape index (κ3) is 10.2. The maximum Gasteiger partial charge on any atom is 0.230 e. The summed E-state index contributed by atoms with van der Waals surface area (Å²) in [6.07, 6.45) is -0.136. The normalized spacial score (nSPS) is 21.7. The van der Waals surface area contributed by atoms with Gasteiger partial charge in [0.2, 0.25) is 5.91 Å². The fourth-order valence-corrected chi connectivity index (χ4v) is 7.93. The monoisotopic (exact) mass is 773 g/mol. The van der Waals surface area contributed by atoms with Crippen LogP contribution < -0.4 is 4.90 Å². The number of para-hydroxylation sites is 1. The van der Waals surface area contributed by atoms with E-state index in [0.29, 0.717) is 45.9 Å². The molecule has 8 rings (SSSR count). The molecule has 6 aromatic carbocycles. The van der Waals surface area contributed by atoms with Crippen molar-refractivity contribution in [2.24, 2.45) is 0 Å². The van der Waals surface area contributed by atoms with Gasteiger partial charge in [0, 0.05) is 5.69 Å². The maximum absolute atomic E-state index is 12.7. The van der Waals surface area contributed by atoms with Gasteiger partial charge in [-0.15, -0.1) is 0 Å². The molecule has 0 unspecified atom stereocenters. The highest BCUT2D eigenvalue weighted by Gasteiger charge is 2.48. The zero-order valence-corrected chi connectivity index (χ0v) is 32.8. The van der Waals surface area contributed by atoms with Crippen LogP contribution in [0.15, 0.2) is 176 Å². The van der Waals surface area contributed by atoms with Crippen molar-refractivity contribution in [2.45, 2.75) is 82.3 Å². The first kappa shape index (κ1) is 39.4. The highest BCUT2D eigenvalue weighted by atomic mass is 16.6. The quantitative estimate of drug-likeness (QED) is 0.0811. The van der Waals surface area contributed by atoms with Crippen LogP contribution >= 0.6 is 0 Å². The minimum absolute atomic E-state index is 0.0355. The minimum atomic E-state index is -0.478. The highest BCUT2D eigenvalue weighted by Crippen LogP contribution is 2.39. The predicted octanol–water partition coefficient (Wildman–Crippen LogP) is 9.84. The van der Waals surface area contributed by atoms with E-state index in [9.17, 15) is 4.79 Å². The molecule has 0 radical (unpaired) electrons. The average molecular weight is 774 g/mol. The Morgan fingerprint density at radius 3 is 1.43 bits per heavy atom. The molecule has 1 amide bonds. The van der Waals surface area contributed by atoms with E-state index in [0.717, 1.165) is 39.9 Å². The lowest BCUT2D eigenvalue weighted by molar-refractivity contribution is -0.273. The highest BCUT2D eigenvalue weighted by molar-refractivity contribution is 6.01. The molecule has 2 aliphatic rings. The summed E-state index contributed by atoms with van der Waals surface area (Å²) >= 11 is 0. The van der Waals surface area contributed by atoms with Crippen LogP contribution in [0.2, 0.25) is 0 Å². The molecule has 0 aromatic heterocycles. The number of nitrogens with zero attached hydrogens (tertiary/aromatic N) is 1. The molecule has 0 saturated carbocycles. The summed E-state index contributed by atoms with van der Waals surface area (Å²) in [7, 11) is 0. The zero-order valence-electron chi connectivity index (χ0n) is 32.8. The fraction of sp³-hybridized carbons (Fsp3) is 0.275. The number of amides is 1. The van der Waals surface area contributed by atoms with Crippen LogP contribution in [0.25, 0.3) is 0 Å². The lowest BCUT2D eigenvalue weighted by atomic mass is 9.89. The molecule has 2 fully saturated rings. The Morgan fingerprint density at radius 1 is 0.483 bits per heavy atom. The summed E-state index contributed by atoms with van der Waals surface area (Å²) in [5.41, 5.74) is 7.57. The van der Waals surface area contributed by atoms with Gasteiger partial charge in [0.1, 0.15) is 24.4 Å². The topological polar surface area (TPSA) is 66.5 Å². The number of β-lactam (4-membered cyclic amide) rings is 1. The van der Waals surface area contributed by atoms with Crippen molar-refractivity contribution in [3.8, 4) is 0 Å². The van der Waals surface area contributed by atoms with Crippen molar-refractivity contribution in [1.29, 1.82) is 0 Å². The standard InChI is InChI=1S/C51H51NO6/c53-48-32-45(52(48)44-24-14-5-15-25-44)43-29-26-38(27-30-43)28-31-46-49(55-34-40-18-8-2-9-19-40)51(57-36-42-22-12-4-13-23-42)50(56-35-41-20-10-3-11-21-41)47(58-46)37-54-33-39-16-6-1-7-17-39/h1-27,29-30,45-47,49-51H,28,31-37H2/t45-,46-,47+,49-,50+,51+/m0/s1. The number of hydrogen-bond acceptors (Lipinski definition) is 6. The van der Waals surface area contributed by atoms with Crippen molar-refractivity contribution >= 4 is 11.6 Å². The summed E-state index contributed by atoms with van der Waals surface area (Å²) < 4.78 is 34.2. The number of aryl methyl sites for hydroxylation is 1. The molecule has 2 heterocycles. The molecule has 2 aliphatic heterocycles. The average Bonchev–Trinajstić information content (AvgIpc) is 3.28. The lowest BCUT2D eigenvalue weighted by Crippen LogP contribution is -2.61. The second-order valence-electron chi connectivity index (χ2n) is 15.1. The molecule has 0 bridgehead atoms. The van der Waals surface area contributed by atoms with Gasteiger partial charge in [-0.25, -0.2) is 0 Å². The minimum Gasteiger partial charge on any atom is -0.374 e. The number of carbonyl (C=O) groups excluding carboxylic acids is 1. The number of anilines is 1. The van der Waals surface area contributed by atoms with Gasteiger partial charge < -0.3 is 28.6 Å². The van der Waals surface area contributed by atoms with Gasteiger partial charge in [0.05, 0.1) is 51.6 Å². The van der Waals surface area contributed by atoms with Gasteiger partial charge in [-0.1, -0.05) is 164 Å². The van der Waals surface area contributed by atoms with E-state index in [1.807, 2.05) is 108 Å². The van der Waals surface area contributed by atoms with Gasteiger partial charge in [0.25, 0.3) is 0 Å². The first-order valence-corrected chi connectivity index (χ1v) is 20.4. The van der Waals surface area contributed by atoms with E-state index in [1.54, 1.807) is 0 Å². The Morgan fingerprint density at radius 2 is 0.931 bits per heavy atom. The Kier molecular flexibility index (Phi) is 13.5. The van der Waals surface area contributed by atoms with Crippen LogP contribution in [0.3, 0.4) is 0 Å². The number of carbonyl (C=O) groups is 1. The zero-order chi connectivity index (χ0) is 39.4. The van der Waals surface area contributed by atoms with E-state index < -0.39 is 24.4 Å². The molecule has 7 nitrogen and oxygen atoms in total. The second-order valence-corrected chi connectivity index (χ2v) is 15.1. The van der Waals surface area contributed by atoms with E-state index in [1.165, 1.54) is 5.56 Å². The predicted molar refractivity (Wildman–Crippen MR) is 226 cm³/mol. The van der Waals surface area contributed by atoms with Crippen molar-refractivity contribution in [2.75, 3.05) is 11.5 Å². The van der Waals surface area contributed by atoms with E-state index in [4.69, 9.17) is 23.7 Å². The summed E-state index contributed by atoms with van der Waals surface area (Å²) in [6, 6.07) is 59.5. The molecule has 0 aliphatic carbocycles. The second kappa shape index (κ2) is 19.8. The molecule has 2 saturated heterocycles. The number of ether oxygens (including phenoxy) is 5. The Hall–Kier alpha value is -5.41. The first-order chi connectivity index (χ1) is 28.7. The van der Waals surface area contributed by atoms with E-state index in [-0.39, 0.29) is 18.1 Å². The molecular formula is C51H51NO6. The van der Waals surface area contributed by atoms with Crippen LogP contribution in [0.5, 0.6) is 0 Å². The molecule has 58 heavy (non-hydrogen) atoms. The van der Waals surface area contributed by atoms with Crippen LogP contribution in [0, 0.1) is 0 Å². The van der Waals surface area contributed by atoms with Gasteiger partial charge in [-0.2, -0.15) is 0 Å². The summed E-state index contributed by atoms with van der Waals surface area (Å²) in [5.74, 6) is 0.147. The third-order valence-corrected chi connectivity index (χ3v) is 11.0. The number of rotatable bonds is 18. The van der Waals surface area contributed by atoms with Crippen molar-refractivity contribution in [1.82, 2.24) is 0 Å². The van der Waals surface area contributed by atoms with Crippen molar-refractivity contribution < 1.29 is 28.5 Å². The molecule has 0 spiro atoms. The van der Waals surface area contributed by atoms with E-state index >= 15 is 0 Å². The summed E-state index contributed by atoms with van der Waals surface area (Å²) in [5, 5.41) is 0. The molecule has 0 N–H and O–H groups in total. The molecule has 296 valence electrons. The lowest BCUT2D eigenvalue weighted by Gasteiger charge is -2.46. The molecule has 7 heteroatoms. The largest absolute Gasteiger partial charge is 0.374 e. The first-order valence-electron chi connectivity index (χ1n) is 20.4. The Balaban J connectivity index is 1.05. The van der Waals surface area contributed by atoms with Crippen LogP contribution in [-0.4, -0.2) is 43.0 Å². The molecule has 6 aromatic rings. The smallest absolute Gasteiger partial charge is 0.230 e. The Bertz CT molecular complexity index is 2120. The van der Waals surface area contributed by atoms with Gasteiger partial charge >= 0.3 is 0 Å². The van der Waals surface area contributed by atoms with Gasteiger partial charge in [-0.3, -0.25) is 4.79 Å². The van der Waals surface area contributed by atoms with Crippen molar-refractivity contribution in [3.05, 3.63) is 209 Å². The maximum atomic E-state index is 12.7. The number of hydrogen-bond donors (Lipinski definition) is 0. The Labute approximate surface area is 342 Å². The van der Waals surface area contributed by atoms with Crippen molar-refractivity contribution in [3.63, 3.8) is 0 Å². The molecule has 6 atom stereocenters.